The maximum Gasteiger partial charge on any atom is 0.306 e. The molecule has 0 saturated heterocycles. The summed E-state index contributed by atoms with van der Waals surface area (Å²) in [4.78, 5) is 21.5. The molecule has 0 saturated carbocycles. The first kappa shape index (κ1) is 16.3. The van der Waals surface area contributed by atoms with E-state index >= 15 is 0 Å². The number of carboxylic acid groups (broad SMARTS) is 1. The number of halogens is 1. The van der Waals surface area contributed by atoms with Crippen LogP contribution in [0, 0.1) is 11.7 Å². The lowest BCUT2D eigenvalue weighted by atomic mass is 9.92. The van der Waals surface area contributed by atoms with E-state index in [9.17, 15) is 19.1 Å². The number of carboxylic acids is 1. The minimum Gasteiger partial charge on any atom is -0.481 e. The van der Waals surface area contributed by atoms with Crippen LogP contribution in [0.2, 0.25) is 0 Å². The molecule has 1 N–H and O–H groups in total. The molecule has 1 aromatic carbocycles. The number of carbonyl (C=O) groups excluding carboxylic acids is 1. The van der Waals surface area contributed by atoms with Crippen LogP contribution >= 0.6 is 0 Å². The summed E-state index contributed by atoms with van der Waals surface area (Å²) in [5, 5.41) is 9.20. The molecule has 4 nitrogen and oxygen atoms in total. The van der Waals surface area contributed by atoms with Gasteiger partial charge in [-0.05, 0) is 37.0 Å². The fourth-order valence-electron chi connectivity index (χ4n) is 2.09. The van der Waals surface area contributed by atoms with Crippen LogP contribution in [0.4, 0.5) is 4.39 Å². The monoisotopic (exact) mass is 282 g/mol. The highest BCUT2D eigenvalue weighted by Crippen LogP contribution is 2.27. The Balaban J connectivity index is 2.70. The Bertz CT molecular complexity index is 430. The molecule has 0 aliphatic heterocycles. The Kier molecular flexibility index (Phi) is 6.87. The fourth-order valence-corrected chi connectivity index (χ4v) is 2.09. The normalized spacial score (nSPS) is 13.7. The van der Waals surface area contributed by atoms with Crippen molar-refractivity contribution < 1.29 is 23.8 Å². The quantitative estimate of drug-likeness (QED) is 0.558. The Labute approximate surface area is 117 Å². The molecule has 20 heavy (non-hydrogen) atoms. The average molecular weight is 282 g/mol. The number of ether oxygens (including phenoxy) is 1. The van der Waals surface area contributed by atoms with Crippen LogP contribution in [-0.2, 0) is 14.3 Å². The molecule has 110 valence electrons. The topological polar surface area (TPSA) is 63.6 Å². The predicted octanol–water partition coefficient (Wildman–Crippen LogP) is 2.97. The molecule has 1 rings (SSSR count). The van der Waals surface area contributed by atoms with Gasteiger partial charge in [-0.1, -0.05) is 12.1 Å². The molecule has 0 spiro atoms. The van der Waals surface area contributed by atoms with E-state index in [4.69, 9.17) is 4.74 Å². The van der Waals surface area contributed by atoms with Crippen molar-refractivity contribution in [2.45, 2.75) is 31.8 Å². The zero-order chi connectivity index (χ0) is 15.0. The highest BCUT2D eigenvalue weighted by molar-refractivity contribution is 5.70. The first-order valence-corrected chi connectivity index (χ1v) is 6.53. The van der Waals surface area contributed by atoms with Crippen LogP contribution in [0.3, 0.4) is 0 Å². The lowest BCUT2D eigenvalue weighted by Gasteiger charge is -2.20. The summed E-state index contributed by atoms with van der Waals surface area (Å²) in [6.07, 6.45) is 2.02. The lowest BCUT2D eigenvalue weighted by Crippen LogP contribution is -2.18. The van der Waals surface area contributed by atoms with E-state index in [2.05, 4.69) is 0 Å². The summed E-state index contributed by atoms with van der Waals surface area (Å²) in [7, 11) is 1.50. The molecule has 0 heterocycles. The maximum atomic E-state index is 12.9. The molecule has 1 aromatic rings. The lowest BCUT2D eigenvalue weighted by molar-refractivity contribution is -0.143. The molecule has 0 radical (unpaired) electrons. The number of hydrogen-bond donors (Lipinski definition) is 1. The highest BCUT2D eigenvalue weighted by atomic mass is 19.1. The first-order valence-electron chi connectivity index (χ1n) is 6.53. The molecule has 0 fully saturated rings. The minimum atomic E-state index is -0.903. The summed E-state index contributed by atoms with van der Waals surface area (Å²) in [5.74, 6) is -1.82. The van der Waals surface area contributed by atoms with Gasteiger partial charge in [-0.25, -0.2) is 4.39 Å². The van der Waals surface area contributed by atoms with Gasteiger partial charge in [-0.3, -0.25) is 4.79 Å². The number of aldehydes is 1. The van der Waals surface area contributed by atoms with Gasteiger partial charge < -0.3 is 14.6 Å². The Hall–Kier alpha value is -1.75. The number of unbranched alkanes of at least 4 members (excludes halogenated alkanes) is 1. The number of aliphatic carboxylic acids is 1. The van der Waals surface area contributed by atoms with Crippen LogP contribution in [0.25, 0.3) is 0 Å². The van der Waals surface area contributed by atoms with Crippen LogP contribution in [-0.4, -0.2) is 24.5 Å². The maximum absolute atomic E-state index is 12.9. The second kappa shape index (κ2) is 8.43. The zero-order valence-electron chi connectivity index (χ0n) is 11.4. The molecule has 0 aliphatic carbocycles. The molecule has 0 aliphatic rings. The van der Waals surface area contributed by atoms with Crippen LogP contribution in [0.15, 0.2) is 24.3 Å². The van der Waals surface area contributed by atoms with Crippen molar-refractivity contribution in [3.8, 4) is 0 Å². The number of hydrogen-bond acceptors (Lipinski definition) is 3. The van der Waals surface area contributed by atoms with E-state index in [0.29, 0.717) is 25.7 Å². The van der Waals surface area contributed by atoms with Crippen molar-refractivity contribution >= 4 is 12.3 Å². The van der Waals surface area contributed by atoms with Crippen molar-refractivity contribution in [1.82, 2.24) is 0 Å². The molecular weight excluding hydrogens is 263 g/mol. The summed E-state index contributed by atoms with van der Waals surface area (Å²) in [6, 6.07) is 5.83. The van der Waals surface area contributed by atoms with Crippen molar-refractivity contribution in [2.75, 3.05) is 7.11 Å². The minimum absolute atomic E-state index is 0.302. The van der Waals surface area contributed by atoms with Gasteiger partial charge in [0.2, 0.25) is 0 Å². The number of rotatable bonds is 9. The zero-order valence-corrected chi connectivity index (χ0v) is 11.4. The van der Waals surface area contributed by atoms with Gasteiger partial charge in [0.1, 0.15) is 12.1 Å². The third-order valence-corrected chi connectivity index (χ3v) is 3.25. The Morgan fingerprint density at radius 2 is 2.05 bits per heavy atom. The predicted molar refractivity (Wildman–Crippen MR) is 71.8 cm³/mol. The Morgan fingerprint density at radius 3 is 2.55 bits per heavy atom. The van der Waals surface area contributed by atoms with Crippen LogP contribution in [0.5, 0.6) is 0 Å². The third-order valence-electron chi connectivity index (χ3n) is 3.25. The molecular formula is C15H19FO4. The summed E-state index contributed by atoms with van der Waals surface area (Å²) in [6.45, 7) is 0. The van der Waals surface area contributed by atoms with E-state index in [1.165, 1.54) is 19.2 Å². The van der Waals surface area contributed by atoms with Crippen molar-refractivity contribution in [1.29, 1.82) is 0 Å². The van der Waals surface area contributed by atoms with Gasteiger partial charge in [-0.15, -0.1) is 0 Å². The van der Waals surface area contributed by atoms with Gasteiger partial charge in [0, 0.05) is 13.5 Å². The van der Waals surface area contributed by atoms with Crippen LogP contribution in [0.1, 0.15) is 37.4 Å². The van der Waals surface area contributed by atoms with Gasteiger partial charge in [0.05, 0.1) is 12.0 Å². The largest absolute Gasteiger partial charge is 0.481 e. The standard InChI is InChI=1S/C15H19FO4/c1-20-14(11-5-7-13(16)8-6-11)10-12(15(18)19)4-2-3-9-17/h5-9,12,14H,2-4,10H2,1H3,(H,18,19). The number of methoxy groups -OCH3 is 1. The van der Waals surface area contributed by atoms with Gasteiger partial charge in [-0.2, -0.15) is 0 Å². The van der Waals surface area contributed by atoms with Gasteiger partial charge in [0.25, 0.3) is 0 Å². The number of benzene rings is 1. The first-order chi connectivity index (χ1) is 9.58. The van der Waals surface area contributed by atoms with E-state index in [-0.39, 0.29) is 5.82 Å². The summed E-state index contributed by atoms with van der Waals surface area (Å²) < 4.78 is 18.2. The van der Waals surface area contributed by atoms with Crippen molar-refractivity contribution in [3.63, 3.8) is 0 Å². The van der Waals surface area contributed by atoms with E-state index in [1.54, 1.807) is 12.1 Å². The summed E-state index contributed by atoms with van der Waals surface area (Å²) in [5.41, 5.74) is 0.746. The SMILES string of the molecule is COC(CC(CCCC=O)C(=O)O)c1ccc(F)cc1. The highest BCUT2D eigenvalue weighted by Gasteiger charge is 2.23. The van der Waals surface area contributed by atoms with E-state index in [1.807, 2.05) is 0 Å². The average Bonchev–Trinajstić information content (AvgIpc) is 2.43. The summed E-state index contributed by atoms with van der Waals surface area (Å²) >= 11 is 0. The van der Waals surface area contributed by atoms with Crippen molar-refractivity contribution in [2.24, 2.45) is 5.92 Å². The molecule has 0 bridgehead atoms. The molecule has 2 atom stereocenters. The van der Waals surface area contributed by atoms with E-state index in [0.717, 1.165) is 11.8 Å². The number of carbonyl (C=O) groups is 2. The van der Waals surface area contributed by atoms with Crippen LogP contribution < -0.4 is 0 Å². The Morgan fingerprint density at radius 1 is 1.40 bits per heavy atom. The second-order valence-electron chi connectivity index (χ2n) is 4.64. The molecule has 0 aromatic heterocycles. The van der Waals surface area contributed by atoms with Gasteiger partial charge in [0.15, 0.2) is 0 Å². The third kappa shape index (κ3) is 5.09. The molecule has 0 amide bonds. The second-order valence-corrected chi connectivity index (χ2v) is 4.64. The van der Waals surface area contributed by atoms with Crippen molar-refractivity contribution in [3.05, 3.63) is 35.6 Å². The van der Waals surface area contributed by atoms with Gasteiger partial charge >= 0.3 is 5.97 Å². The molecule has 2 unspecified atom stereocenters. The smallest absolute Gasteiger partial charge is 0.306 e. The van der Waals surface area contributed by atoms with E-state index < -0.39 is 18.0 Å². The molecule has 5 heteroatoms. The fraction of sp³-hybridized carbons (Fsp3) is 0.467.